The highest BCUT2D eigenvalue weighted by Gasteiger charge is 2.41. The van der Waals surface area contributed by atoms with Gasteiger partial charge in [-0.25, -0.2) is 0 Å². The number of nitrogens with one attached hydrogen (secondary N) is 1. The van der Waals surface area contributed by atoms with Gasteiger partial charge in [0, 0.05) is 12.0 Å². The van der Waals surface area contributed by atoms with Gasteiger partial charge in [0.25, 0.3) is 0 Å². The molecule has 1 aromatic heterocycles. The lowest BCUT2D eigenvalue weighted by Crippen LogP contribution is -2.43. The molecule has 0 aliphatic carbocycles. The maximum Gasteiger partial charge on any atom is 0.188 e. The van der Waals surface area contributed by atoms with Gasteiger partial charge in [-0.05, 0) is 55.2 Å². The first-order valence-electron chi connectivity index (χ1n) is 7.11. The molecule has 1 aliphatic heterocycles. The third-order valence-electron chi connectivity index (χ3n) is 4.08. The zero-order valence-corrected chi connectivity index (χ0v) is 13.3. The Morgan fingerprint density at radius 2 is 2.16 bits per heavy atom. The van der Waals surface area contributed by atoms with Gasteiger partial charge >= 0.3 is 0 Å². The minimum Gasteiger partial charge on any atom is -0.317 e. The summed E-state index contributed by atoms with van der Waals surface area (Å²) in [6.07, 6.45) is 5.61. The Morgan fingerprint density at radius 3 is 2.74 bits per heavy atom. The van der Waals surface area contributed by atoms with Crippen molar-refractivity contribution in [2.45, 2.75) is 46.1 Å². The number of nitrogens with zero attached hydrogens (tertiary/aromatic N) is 2. The van der Waals surface area contributed by atoms with E-state index in [0.29, 0.717) is 0 Å². The Hall–Kier alpha value is -0.680. The van der Waals surface area contributed by atoms with Crippen LogP contribution in [0.1, 0.15) is 50.0 Å². The molecule has 0 bridgehead atoms. The summed E-state index contributed by atoms with van der Waals surface area (Å²) in [5.74, 6) is 0.266. The molecule has 0 spiro atoms. The topological polar surface area (TPSA) is 46.9 Å². The number of Topliss-reactive ketones (excluding diaryl/α,β-unsaturated/α-hetero) is 1. The Bertz CT molecular complexity index is 444. The summed E-state index contributed by atoms with van der Waals surface area (Å²) in [7, 11) is 0. The Labute approximate surface area is 123 Å². The van der Waals surface area contributed by atoms with Gasteiger partial charge < -0.3 is 5.32 Å². The van der Waals surface area contributed by atoms with Crippen LogP contribution in [0.3, 0.4) is 0 Å². The van der Waals surface area contributed by atoms with E-state index in [4.69, 9.17) is 0 Å². The van der Waals surface area contributed by atoms with Crippen molar-refractivity contribution in [1.82, 2.24) is 15.1 Å². The highest BCUT2D eigenvalue weighted by molar-refractivity contribution is 9.10. The van der Waals surface area contributed by atoms with E-state index in [0.717, 1.165) is 55.5 Å². The van der Waals surface area contributed by atoms with Crippen LogP contribution >= 0.6 is 15.9 Å². The van der Waals surface area contributed by atoms with E-state index in [1.807, 2.05) is 11.6 Å². The van der Waals surface area contributed by atoms with Crippen LogP contribution in [0.25, 0.3) is 0 Å². The number of piperidine rings is 1. The summed E-state index contributed by atoms with van der Waals surface area (Å²) in [6.45, 7) is 6.77. The van der Waals surface area contributed by atoms with Crippen molar-refractivity contribution in [1.29, 1.82) is 0 Å². The second-order valence-corrected chi connectivity index (χ2v) is 6.12. The molecule has 1 saturated heterocycles. The van der Waals surface area contributed by atoms with Crippen LogP contribution in [0.4, 0.5) is 0 Å². The molecule has 19 heavy (non-hydrogen) atoms. The fraction of sp³-hybridized carbons (Fsp3) is 0.714. The van der Waals surface area contributed by atoms with E-state index in [9.17, 15) is 4.79 Å². The summed E-state index contributed by atoms with van der Waals surface area (Å²) in [5.41, 5.74) is 0.549. The van der Waals surface area contributed by atoms with Crippen molar-refractivity contribution in [3.8, 4) is 0 Å². The molecule has 4 nitrogen and oxygen atoms in total. The molecule has 2 rings (SSSR count). The molecule has 0 aromatic carbocycles. The van der Waals surface area contributed by atoms with E-state index < -0.39 is 0 Å². The van der Waals surface area contributed by atoms with E-state index >= 15 is 0 Å². The summed E-state index contributed by atoms with van der Waals surface area (Å²) in [6, 6.07) is 0. The van der Waals surface area contributed by atoms with Crippen LogP contribution in [0.15, 0.2) is 10.7 Å². The first kappa shape index (κ1) is 14.7. The molecule has 0 amide bonds. The van der Waals surface area contributed by atoms with Crippen molar-refractivity contribution >= 4 is 21.7 Å². The van der Waals surface area contributed by atoms with Gasteiger partial charge in [-0.3, -0.25) is 9.48 Å². The molecule has 5 heteroatoms. The number of ketones is 1. The highest BCUT2D eigenvalue weighted by atomic mass is 79.9. The van der Waals surface area contributed by atoms with Crippen LogP contribution in [0.5, 0.6) is 0 Å². The second kappa shape index (κ2) is 6.18. The van der Waals surface area contributed by atoms with Crippen LogP contribution < -0.4 is 5.32 Å². The first-order chi connectivity index (χ1) is 9.14. The number of carbonyl (C=O) groups excluding carboxylic acids is 1. The second-order valence-electron chi connectivity index (χ2n) is 5.27. The Balaban J connectivity index is 2.36. The van der Waals surface area contributed by atoms with Crippen LogP contribution in [0, 0.1) is 5.41 Å². The molecule has 1 N–H and O–H groups in total. The molecule has 0 radical (unpaired) electrons. The Morgan fingerprint density at radius 1 is 1.47 bits per heavy atom. The van der Waals surface area contributed by atoms with Crippen LogP contribution in [0.2, 0.25) is 0 Å². The van der Waals surface area contributed by atoms with E-state index in [1.54, 1.807) is 6.20 Å². The number of hydrogen-bond acceptors (Lipinski definition) is 3. The van der Waals surface area contributed by atoms with Crippen molar-refractivity contribution in [3.63, 3.8) is 0 Å². The number of aromatic nitrogens is 2. The predicted octanol–water partition coefficient (Wildman–Crippen LogP) is 3.02. The maximum absolute atomic E-state index is 13.1. The zero-order valence-electron chi connectivity index (χ0n) is 11.7. The highest BCUT2D eigenvalue weighted by Crippen LogP contribution is 2.39. The minimum absolute atomic E-state index is 0.199. The normalized spacial score (nSPS) is 18.5. The van der Waals surface area contributed by atoms with Crippen LogP contribution in [-0.4, -0.2) is 28.7 Å². The molecule has 1 aromatic rings. The molecule has 1 aliphatic rings. The monoisotopic (exact) mass is 327 g/mol. The van der Waals surface area contributed by atoms with Gasteiger partial charge in [0.1, 0.15) is 5.69 Å². The third-order valence-corrected chi connectivity index (χ3v) is 4.66. The summed E-state index contributed by atoms with van der Waals surface area (Å²) < 4.78 is 2.64. The first-order valence-corrected chi connectivity index (χ1v) is 7.90. The number of halogens is 1. The molecule has 106 valence electrons. The van der Waals surface area contributed by atoms with E-state index in [2.05, 4.69) is 33.3 Å². The molecular weight excluding hydrogens is 306 g/mol. The fourth-order valence-corrected chi connectivity index (χ4v) is 3.53. The van der Waals surface area contributed by atoms with Gasteiger partial charge in [0.05, 0.1) is 10.7 Å². The smallest absolute Gasteiger partial charge is 0.188 e. The zero-order chi connectivity index (χ0) is 13.9. The molecule has 0 atom stereocenters. The summed E-state index contributed by atoms with van der Waals surface area (Å²) >= 11 is 3.48. The molecule has 0 unspecified atom stereocenters. The van der Waals surface area contributed by atoms with Gasteiger partial charge in [0.15, 0.2) is 5.78 Å². The standard InChI is InChI=1S/C14H22BrN3O/c1-3-5-14(6-8-16-9-7-14)13(19)12-11(15)10-17-18(12)4-2/h10,16H,3-9H2,1-2H3. The predicted molar refractivity (Wildman–Crippen MR) is 79.4 cm³/mol. The van der Waals surface area contributed by atoms with E-state index in [-0.39, 0.29) is 11.2 Å². The third kappa shape index (κ3) is 2.77. The van der Waals surface area contributed by atoms with Gasteiger partial charge in [-0.15, -0.1) is 0 Å². The number of carbonyl (C=O) groups is 1. The van der Waals surface area contributed by atoms with Gasteiger partial charge in [-0.1, -0.05) is 13.3 Å². The Kier molecular flexibility index (Phi) is 4.79. The molecule has 1 fully saturated rings. The lowest BCUT2D eigenvalue weighted by atomic mass is 9.71. The average molecular weight is 328 g/mol. The summed E-state index contributed by atoms with van der Waals surface area (Å²) in [4.78, 5) is 13.1. The molecular formula is C14H22BrN3O. The fourth-order valence-electron chi connectivity index (χ4n) is 3.05. The van der Waals surface area contributed by atoms with Crippen LogP contribution in [-0.2, 0) is 6.54 Å². The number of hydrogen-bond donors (Lipinski definition) is 1. The lowest BCUT2D eigenvalue weighted by Gasteiger charge is -2.36. The van der Waals surface area contributed by atoms with Gasteiger partial charge in [-0.2, -0.15) is 5.10 Å². The summed E-state index contributed by atoms with van der Waals surface area (Å²) in [5, 5.41) is 7.63. The van der Waals surface area contributed by atoms with Crippen molar-refractivity contribution in [2.24, 2.45) is 5.41 Å². The largest absolute Gasteiger partial charge is 0.317 e. The average Bonchev–Trinajstić information content (AvgIpc) is 2.80. The number of rotatable bonds is 5. The molecule has 2 heterocycles. The van der Waals surface area contributed by atoms with E-state index in [1.165, 1.54) is 0 Å². The van der Waals surface area contributed by atoms with Crippen molar-refractivity contribution < 1.29 is 4.79 Å². The lowest BCUT2D eigenvalue weighted by molar-refractivity contribution is 0.0691. The van der Waals surface area contributed by atoms with Crippen molar-refractivity contribution in [3.05, 3.63) is 16.4 Å². The minimum atomic E-state index is -0.199. The number of aryl methyl sites for hydroxylation is 1. The maximum atomic E-state index is 13.1. The quantitative estimate of drug-likeness (QED) is 0.845. The SMILES string of the molecule is CCCC1(C(=O)c2c(Br)cnn2CC)CCNCC1. The molecule has 0 saturated carbocycles. The van der Waals surface area contributed by atoms with Crippen molar-refractivity contribution in [2.75, 3.05) is 13.1 Å². The van der Waals surface area contributed by atoms with Gasteiger partial charge in [0.2, 0.25) is 0 Å².